The summed E-state index contributed by atoms with van der Waals surface area (Å²) in [6.07, 6.45) is -5.61. The average molecular weight is 497 g/mol. The second-order valence-electron chi connectivity index (χ2n) is 6.53. The number of fused-ring (bicyclic) bond motifs is 1. The smallest absolute Gasteiger partial charge is 0.394 e. The van der Waals surface area contributed by atoms with Crippen LogP contribution >= 0.6 is 23.4 Å². The molecule has 0 saturated heterocycles. The lowest BCUT2D eigenvalue weighted by atomic mass is 10.1. The zero-order valence-corrected chi connectivity index (χ0v) is 17.7. The van der Waals surface area contributed by atoms with Gasteiger partial charge in [0.25, 0.3) is 5.56 Å². The number of hydrogen-bond acceptors (Lipinski definition) is 5. The number of thioether (sulfide) groups is 1. The van der Waals surface area contributed by atoms with Gasteiger partial charge in [-0.25, -0.2) is 13.6 Å². The summed E-state index contributed by atoms with van der Waals surface area (Å²) in [5, 5.41) is 8.18. The van der Waals surface area contributed by atoms with E-state index in [1.165, 1.54) is 7.11 Å². The van der Waals surface area contributed by atoms with Gasteiger partial charge >= 0.3 is 11.9 Å². The number of halogens is 6. The number of methoxy groups -OCH3 is 1. The zero-order chi connectivity index (χ0) is 23.8. The number of benzene rings is 2. The van der Waals surface area contributed by atoms with Crippen LogP contribution in [0.5, 0.6) is 0 Å². The number of H-pyrrole nitrogens is 1. The van der Waals surface area contributed by atoms with Gasteiger partial charge in [0.1, 0.15) is 11.6 Å². The number of ether oxygens (including phenoxy) is 1. The summed E-state index contributed by atoms with van der Waals surface area (Å²) in [7, 11) is 1.28. The molecule has 0 unspecified atom stereocenters. The largest absolute Gasteiger partial charge is 0.416 e. The standard InChI is InChI=1S/C19H14ClF5N2O4S/c1-31-9(6-28)7-32-15-3-8(19(23,24)25)2-10-16(15)27(18(30)26-17(10)29)14-4-11(20)12(21)5-13(14)22/h2-5,9,28H,6-7H2,1H3,(H,26,29,30)/t9-/m1/s1. The molecular formula is C19H14ClF5N2O4S. The summed E-state index contributed by atoms with van der Waals surface area (Å²) in [5.41, 5.74) is -4.40. The number of aliphatic hydroxyl groups excluding tert-OH is 1. The lowest BCUT2D eigenvalue weighted by Gasteiger charge is -2.18. The number of nitrogens with zero attached hydrogens (tertiary/aromatic N) is 1. The molecule has 13 heteroatoms. The maximum Gasteiger partial charge on any atom is 0.416 e. The van der Waals surface area contributed by atoms with Crippen molar-refractivity contribution in [2.24, 2.45) is 0 Å². The SMILES string of the molecule is CO[C@H](CO)CSc1cc(C(F)(F)F)cc2c(=O)[nH]c(=O)n(-c3cc(Cl)c(F)cc3F)c12. The Morgan fingerprint density at radius 3 is 2.47 bits per heavy atom. The fourth-order valence-electron chi connectivity index (χ4n) is 2.90. The van der Waals surface area contributed by atoms with Gasteiger partial charge in [0.15, 0.2) is 0 Å². The van der Waals surface area contributed by atoms with E-state index in [4.69, 9.17) is 16.3 Å². The average Bonchev–Trinajstić information content (AvgIpc) is 2.71. The first-order valence-corrected chi connectivity index (χ1v) is 10.2. The second-order valence-corrected chi connectivity index (χ2v) is 8.00. The summed E-state index contributed by atoms with van der Waals surface area (Å²) < 4.78 is 74.1. The van der Waals surface area contributed by atoms with Crippen molar-refractivity contribution in [3.8, 4) is 5.69 Å². The van der Waals surface area contributed by atoms with E-state index in [-0.39, 0.29) is 16.2 Å². The van der Waals surface area contributed by atoms with Crippen molar-refractivity contribution in [2.45, 2.75) is 17.2 Å². The molecule has 0 fully saturated rings. The molecule has 6 nitrogen and oxygen atoms in total. The highest BCUT2D eigenvalue weighted by Crippen LogP contribution is 2.37. The Morgan fingerprint density at radius 2 is 1.88 bits per heavy atom. The Bertz CT molecular complexity index is 1290. The molecule has 1 heterocycles. The molecule has 0 radical (unpaired) electrons. The number of rotatable bonds is 6. The number of hydrogen-bond donors (Lipinski definition) is 2. The minimum absolute atomic E-state index is 0.0585. The van der Waals surface area contributed by atoms with E-state index < -0.39 is 63.4 Å². The van der Waals surface area contributed by atoms with Gasteiger partial charge in [-0.1, -0.05) is 11.6 Å². The first kappa shape index (κ1) is 24.2. The van der Waals surface area contributed by atoms with Crippen LogP contribution in [0.25, 0.3) is 16.6 Å². The van der Waals surface area contributed by atoms with Crippen molar-refractivity contribution in [3.05, 3.63) is 67.3 Å². The van der Waals surface area contributed by atoms with Crippen LogP contribution in [-0.4, -0.2) is 40.2 Å². The molecular weight excluding hydrogens is 483 g/mol. The fraction of sp³-hybridized carbons (Fsp3) is 0.263. The third kappa shape index (κ3) is 4.68. The van der Waals surface area contributed by atoms with Gasteiger partial charge in [-0.2, -0.15) is 13.2 Å². The molecule has 32 heavy (non-hydrogen) atoms. The lowest BCUT2D eigenvalue weighted by molar-refractivity contribution is -0.137. The van der Waals surface area contributed by atoms with E-state index in [2.05, 4.69) is 0 Å². The Kier molecular flexibility index (Phi) is 6.98. The molecule has 172 valence electrons. The highest BCUT2D eigenvalue weighted by atomic mass is 35.5. The van der Waals surface area contributed by atoms with E-state index in [0.29, 0.717) is 22.8 Å². The maximum absolute atomic E-state index is 14.6. The predicted molar refractivity (Wildman–Crippen MR) is 109 cm³/mol. The van der Waals surface area contributed by atoms with Crippen LogP contribution in [0.3, 0.4) is 0 Å². The van der Waals surface area contributed by atoms with Gasteiger partial charge in [-0.15, -0.1) is 11.8 Å². The number of aromatic nitrogens is 2. The summed E-state index contributed by atoms with van der Waals surface area (Å²) >= 11 is 6.46. The van der Waals surface area contributed by atoms with Crippen molar-refractivity contribution in [1.82, 2.24) is 9.55 Å². The molecule has 3 aromatic rings. The van der Waals surface area contributed by atoms with Gasteiger partial charge in [-0.3, -0.25) is 14.3 Å². The van der Waals surface area contributed by atoms with Gasteiger partial charge < -0.3 is 9.84 Å². The molecule has 3 rings (SSSR count). The highest BCUT2D eigenvalue weighted by Gasteiger charge is 2.33. The van der Waals surface area contributed by atoms with E-state index in [9.17, 15) is 36.6 Å². The first-order valence-electron chi connectivity index (χ1n) is 8.79. The predicted octanol–water partition coefficient (Wildman–Crippen LogP) is 3.73. The molecule has 0 spiro atoms. The molecule has 0 aliphatic heterocycles. The molecule has 0 aliphatic carbocycles. The Morgan fingerprint density at radius 1 is 1.19 bits per heavy atom. The number of alkyl halides is 3. The van der Waals surface area contributed by atoms with Gasteiger partial charge in [0, 0.05) is 23.8 Å². The van der Waals surface area contributed by atoms with Crippen molar-refractivity contribution >= 4 is 34.3 Å². The van der Waals surface area contributed by atoms with Crippen LogP contribution in [0.4, 0.5) is 22.0 Å². The summed E-state index contributed by atoms with van der Waals surface area (Å²) in [6.45, 7) is -0.448. The van der Waals surface area contributed by atoms with Gasteiger partial charge in [0.05, 0.1) is 39.9 Å². The third-order valence-corrected chi connectivity index (χ3v) is 5.94. The van der Waals surface area contributed by atoms with Crippen LogP contribution in [0.2, 0.25) is 5.02 Å². The number of aromatic amines is 1. The summed E-state index contributed by atoms with van der Waals surface area (Å²) in [4.78, 5) is 26.6. The lowest BCUT2D eigenvalue weighted by Crippen LogP contribution is -2.30. The summed E-state index contributed by atoms with van der Waals surface area (Å²) in [6, 6.07) is 2.40. The topological polar surface area (TPSA) is 84.3 Å². The molecule has 0 bridgehead atoms. The van der Waals surface area contributed by atoms with E-state index in [0.717, 1.165) is 17.8 Å². The Balaban J connectivity index is 2.42. The quantitative estimate of drug-likeness (QED) is 0.309. The highest BCUT2D eigenvalue weighted by molar-refractivity contribution is 7.99. The van der Waals surface area contributed by atoms with Crippen molar-refractivity contribution in [3.63, 3.8) is 0 Å². The van der Waals surface area contributed by atoms with E-state index in [1.807, 2.05) is 4.98 Å². The van der Waals surface area contributed by atoms with Crippen molar-refractivity contribution in [2.75, 3.05) is 19.5 Å². The molecule has 0 aliphatic rings. The van der Waals surface area contributed by atoms with E-state index in [1.54, 1.807) is 0 Å². The molecule has 1 atom stereocenters. The van der Waals surface area contributed by atoms with Crippen LogP contribution in [0.15, 0.2) is 38.8 Å². The first-order chi connectivity index (χ1) is 15.0. The van der Waals surface area contributed by atoms with E-state index >= 15 is 0 Å². The molecule has 2 aromatic carbocycles. The molecule has 1 aromatic heterocycles. The summed E-state index contributed by atoms with van der Waals surface area (Å²) in [5.74, 6) is -2.41. The van der Waals surface area contributed by atoms with Gasteiger partial charge in [-0.05, 0) is 18.2 Å². The van der Waals surface area contributed by atoms with Crippen LogP contribution in [-0.2, 0) is 10.9 Å². The van der Waals surface area contributed by atoms with Crippen LogP contribution < -0.4 is 11.2 Å². The van der Waals surface area contributed by atoms with Crippen LogP contribution in [0, 0.1) is 11.6 Å². The fourth-order valence-corrected chi connectivity index (χ4v) is 4.21. The molecule has 2 N–H and O–H groups in total. The minimum atomic E-state index is -4.83. The zero-order valence-electron chi connectivity index (χ0n) is 16.1. The van der Waals surface area contributed by atoms with Crippen molar-refractivity contribution in [1.29, 1.82) is 0 Å². The molecule has 0 saturated carbocycles. The van der Waals surface area contributed by atoms with Crippen molar-refractivity contribution < 1.29 is 31.8 Å². The number of nitrogens with one attached hydrogen (secondary N) is 1. The van der Waals surface area contributed by atoms with Gasteiger partial charge in [0.2, 0.25) is 0 Å². The minimum Gasteiger partial charge on any atom is -0.394 e. The third-order valence-electron chi connectivity index (χ3n) is 4.49. The monoisotopic (exact) mass is 496 g/mol. The Hall–Kier alpha value is -2.41. The van der Waals surface area contributed by atoms with Crippen LogP contribution in [0.1, 0.15) is 5.56 Å². The normalized spacial score (nSPS) is 13.0. The Labute approximate surface area is 185 Å². The molecule has 0 amide bonds. The second kappa shape index (κ2) is 9.22. The number of aliphatic hydroxyl groups is 1. The maximum atomic E-state index is 14.6.